The molecule has 0 heterocycles. The molecule has 4 nitrogen and oxygen atoms in total. The zero-order valence-corrected chi connectivity index (χ0v) is 12.0. The Morgan fingerprint density at radius 3 is 2.68 bits per heavy atom. The van der Waals surface area contributed by atoms with Crippen LogP contribution in [-0.4, -0.2) is 24.9 Å². The standard InChI is InChI=1S/C13H14Cl2N2O2/c1-3-6-16-13(19)8-17(9(2)18)12-7-10(14)4-5-11(12)15/h3-5,7H,1,6,8H2,2H3,(H,16,19). The average molecular weight is 301 g/mol. The van der Waals surface area contributed by atoms with Gasteiger partial charge in [-0.15, -0.1) is 6.58 Å². The van der Waals surface area contributed by atoms with E-state index < -0.39 is 0 Å². The SMILES string of the molecule is C=CCNC(=O)CN(C(C)=O)c1cc(Cl)ccc1Cl. The summed E-state index contributed by atoms with van der Waals surface area (Å²) in [7, 11) is 0. The highest BCUT2D eigenvalue weighted by atomic mass is 35.5. The third-order valence-electron chi connectivity index (χ3n) is 2.32. The van der Waals surface area contributed by atoms with Crippen molar-refractivity contribution in [3.63, 3.8) is 0 Å². The number of halogens is 2. The molecule has 0 atom stereocenters. The molecule has 0 saturated heterocycles. The van der Waals surface area contributed by atoms with Gasteiger partial charge >= 0.3 is 0 Å². The quantitative estimate of drug-likeness (QED) is 0.850. The van der Waals surface area contributed by atoms with Crippen LogP contribution in [0, 0.1) is 0 Å². The zero-order chi connectivity index (χ0) is 14.4. The molecule has 1 aromatic rings. The summed E-state index contributed by atoms with van der Waals surface area (Å²) < 4.78 is 0. The molecule has 102 valence electrons. The minimum Gasteiger partial charge on any atom is -0.351 e. The summed E-state index contributed by atoms with van der Waals surface area (Å²) in [4.78, 5) is 24.6. The molecular formula is C13H14Cl2N2O2. The third kappa shape index (κ3) is 4.58. The minimum absolute atomic E-state index is 0.122. The molecular weight excluding hydrogens is 287 g/mol. The number of benzene rings is 1. The molecule has 6 heteroatoms. The highest BCUT2D eigenvalue weighted by molar-refractivity contribution is 6.35. The summed E-state index contributed by atoms with van der Waals surface area (Å²) in [6.07, 6.45) is 1.56. The number of anilines is 1. The molecule has 0 aliphatic carbocycles. The van der Waals surface area contributed by atoms with Crippen LogP contribution in [-0.2, 0) is 9.59 Å². The first kappa shape index (κ1) is 15.5. The Morgan fingerprint density at radius 1 is 1.42 bits per heavy atom. The molecule has 0 aromatic heterocycles. The highest BCUT2D eigenvalue weighted by Gasteiger charge is 2.18. The second-order valence-corrected chi connectivity index (χ2v) is 4.64. The fraction of sp³-hybridized carbons (Fsp3) is 0.231. The zero-order valence-electron chi connectivity index (χ0n) is 10.5. The summed E-state index contributed by atoms with van der Waals surface area (Å²) in [5.41, 5.74) is 0.412. The average Bonchev–Trinajstić information content (AvgIpc) is 2.36. The molecule has 0 aliphatic heterocycles. The molecule has 2 amide bonds. The highest BCUT2D eigenvalue weighted by Crippen LogP contribution is 2.29. The Kier molecular flexibility index (Phi) is 5.86. The van der Waals surface area contributed by atoms with Gasteiger partial charge < -0.3 is 10.2 Å². The summed E-state index contributed by atoms with van der Waals surface area (Å²) in [5, 5.41) is 3.39. The molecule has 19 heavy (non-hydrogen) atoms. The maximum absolute atomic E-state index is 11.7. The van der Waals surface area contributed by atoms with E-state index in [-0.39, 0.29) is 18.4 Å². The molecule has 1 rings (SSSR count). The minimum atomic E-state index is -0.300. The Labute approximate surface area is 122 Å². The van der Waals surface area contributed by atoms with Crippen molar-refractivity contribution in [2.75, 3.05) is 18.0 Å². The van der Waals surface area contributed by atoms with E-state index >= 15 is 0 Å². The number of hydrogen-bond donors (Lipinski definition) is 1. The van der Waals surface area contributed by atoms with Crippen LogP contribution in [0.15, 0.2) is 30.9 Å². The first-order valence-electron chi connectivity index (χ1n) is 5.56. The van der Waals surface area contributed by atoms with Crippen LogP contribution in [0.1, 0.15) is 6.92 Å². The van der Waals surface area contributed by atoms with Crippen LogP contribution in [0.4, 0.5) is 5.69 Å². The van der Waals surface area contributed by atoms with E-state index in [1.54, 1.807) is 24.3 Å². The Morgan fingerprint density at radius 2 is 2.11 bits per heavy atom. The first-order valence-corrected chi connectivity index (χ1v) is 6.32. The van der Waals surface area contributed by atoms with Gasteiger partial charge in [0, 0.05) is 18.5 Å². The third-order valence-corrected chi connectivity index (χ3v) is 2.88. The van der Waals surface area contributed by atoms with E-state index in [9.17, 15) is 9.59 Å². The van der Waals surface area contributed by atoms with E-state index in [1.807, 2.05) is 0 Å². The summed E-state index contributed by atoms with van der Waals surface area (Å²) in [6.45, 7) is 5.08. The van der Waals surface area contributed by atoms with E-state index in [0.717, 1.165) is 0 Å². The molecule has 1 aromatic carbocycles. The smallest absolute Gasteiger partial charge is 0.240 e. The number of nitrogens with zero attached hydrogens (tertiary/aromatic N) is 1. The van der Waals surface area contributed by atoms with Crippen molar-refractivity contribution in [3.8, 4) is 0 Å². The Hall–Kier alpha value is -1.52. The van der Waals surface area contributed by atoms with Gasteiger partial charge in [0.05, 0.1) is 10.7 Å². The molecule has 0 unspecified atom stereocenters. The molecule has 0 bridgehead atoms. The molecule has 0 spiro atoms. The van der Waals surface area contributed by atoms with Gasteiger partial charge in [0.1, 0.15) is 6.54 Å². The van der Waals surface area contributed by atoms with E-state index in [4.69, 9.17) is 23.2 Å². The van der Waals surface area contributed by atoms with Crippen molar-refractivity contribution in [3.05, 3.63) is 40.9 Å². The van der Waals surface area contributed by atoms with Gasteiger partial charge in [-0.2, -0.15) is 0 Å². The number of carbonyl (C=O) groups is 2. The molecule has 0 fully saturated rings. The van der Waals surface area contributed by atoms with Crippen LogP contribution in [0.2, 0.25) is 10.0 Å². The Bertz CT molecular complexity index is 503. The second-order valence-electron chi connectivity index (χ2n) is 3.79. The van der Waals surface area contributed by atoms with Crippen molar-refractivity contribution < 1.29 is 9.59 Å². The fourth-order valence-corrected chi connectivity index (χ4v) is 1.83. The predicted octanol–water partition coefficient (Wildman–Crippen LogP) is 2.65. The molecule has 0 aliphatic rings. The Balaban J connectivity index is 2.94. The van der Waals surface area contributed by atoms with Crippen molar-refractivity contribution in [2.45, 2.75) is 6.92 Å². The maximum atomic E-state index is 11.7. The fourth-order valence-electron chi connectivity index (χ4n) is 1.44. The lowest BCUT2D eigenvalue weighted by molar-refractivity contribution is -0.122. The van der Waals surface area contributed by atoms with Gasteiger partial charge in [0.25, 0.3) is 0 Å². The maximum Gasteiger partial charge on any atom is 0.240 e. The van der Waals surface area contributed by atoms with Crippen LogP contribution in [0.5, 0.6) is 0 Å². The lowest BCUT2D eigenvalue weighted by Gasteiger charge is -2.21. The van der Waals surface area contributed by atoms with Crippen molar-refractivity contribution in [1.29, 1.82) is 0 Å². The lowest BCUT2D eigenvalue weighted by Crippen LogP contribution is -2.40. The van der Waals surface area contributed by atoms with Gasteiger partial charge in [0.2, 0.25) is 11.8 Å². The number of rotatable bonds is 5. The first-order chi connectivity index (χ1) is 8.95. The normalized spacial score (nSPS) is 9.84. The van der Waals surface area contributed by atoms with Gasteiger partial charge in [0.15, 0.2) is 0 Å². The van der Waals surface area contributed by atoms with Gasteiger partial charge in [-0.1, -0.05) is 29.3 Å². The van der Waals surface area contributed by atoms with Crippen LogP contribution < -0.4 is 10.2 Å². The number of carbonyl (C=O) groups excluding carboxylic acids is 2. The molecule has 1 N–H and O–H groups in total. The van der Waals surface area contributed by atoms with Crippen molar-refractivity contribution in [1.82, 2.24) is 5.32 Å². The van der Waals surface area contributed by atoms with Crippen molar-refractivity contribution >= 4 is 40.7 Å². The second kappa shape index (κ2) is 7.16. The summed E-state index contributed by atoms with van der Waals surface area (Å²) >= 11 is 11.9. The van der Waals surface area contributed by atoms with E-state index in [0.29, 0.717) is 22.3 Å². The van der Waals surface area contributed by atoms with Gasteiger partial charge in [-0.05, 0) is 18.2 Å². The van der Waals surface area contributed by atoms with Crippen molar-refractivity contribution in [2.24, 2.45) is 0 Å². The number of hydrogen-bond acceptors (Lipinski definition) is 2. The number of nitrogens with one attached hydrogen (secondary N) is 1. The predicted molar refractivity (Wildman–Crippen MR) is 77.7 cm³/mol. The topological polar surface area (TPSA) is 49.4 Å². The summed E-state index contributed by atoms with van der Waals surface area (Å²) in [5.74, 6) is -0.593. The largest absolute Gasteiger partial charge is 0.351 e. The number of amides is 2. The van der Waals surface area contributed by atoms with E-state index in [1.165, 1.54) is 11.8 Å². The summed E-state index contributed by atoms with van der Waals surface area (Å²) in [6, 6.07) is 4.74. The van der Waals surface area contributed by atoms with Crippen LogP contribution in [0.3, 0.4) is 0 Å². The lowest BCUT2D eigenvalue weighted by atomic mass is 10.2. The van der Waals surface area contributed by atoms with Crippen LogP contribution >= 0.6 is 23.2 Å². The van der Waals surface area contributed by atoms with Gasteiger partial charge in [-0.3, -0.25) is 9.59 Å². The monoisotopic (exact) mass is 300 g/mol. The van der Waals surface area contributed by atoms with Crippen LogP contribution in [0.25, 0.3) is 0 Å². The van der Waals surface area contributed by atoms with E-state index in [2.05, 4.69) is 11.9 Å². The van der Waals surface area contributed by atoms with Gasteiger partial charge in [-0.25, -0.2) is 0 Å². The molecule has 0 radical (unpaired) electrons. The molecule has 0 saturated carbocycles.